The lowest BCUT2D eigenvalue weighted by Crippen LogP contribution is -2.08. The highest BCUT2D eigenvalue weighted by Crippen LogP contribution is 1.98. The Morgan fingerprint density at radius 3 is 3.00 bits per heavy atom. The van der Waals surface area contributed by atoms with Crippen LogP contribution in [0.1, 0.15) is 13.3 Å². The standard InChI is InChI=1S/C6H11N3OS/c1-2-5-11(10)9-4-3-6(7)8-9/h3-4H,2,5H2,1H3,(H2,7,8). The lowest BCUT2D eigenvalue weighted by molar-refractivity contribution is 0.670. The van der Waals surface area contributed by atoms with Gasteiger partial charge in [0.1, 0.15) is 16.8 Å². The first-order valence-electron chi connectivity index (χ1n) is 3.44. The van der Waals surface area contributed by atoms with E-state index in [1.807, 2.05) is 6.92 Å². The topological polar surface area (TPSA) is 60.9 Å². The fraction of sp³-hybridized carbons (Fsp3) is 0.500. The van der Waals surface area contributed by atoms with E-state index in [4.69, 9.17) is 5.73 Å². The summed E-state index contributed by atoms with van der Waals surface area (Å²) in [5.41, 5.74) is 5.35. The molecule has 1 atom stereocenters. The minimum atomic E-state index is -1.04. The smallest absolute Gasteiger partial charge is 0.146 e. The quantitative estimate of drug-likeness (QED) is 0.719. The number of aromatic nitrogens is 2. The van der Waals surface area contributed by atoms with E-state index in [2.05, 4.69) is 5.10 Å². The molecule has 0 fully saturated rings. The van der Waals surface area contributed by atoms with Crippen molar-refractivity contribution in [2.24, 2.45) is 0 Å². The maximum Gasteiger partial charge on any atom is 0.146 e. The highest BCUT2D eigenvalue weighted by atomic mass is 32.2. The molecule has 1 aromatic rings. The van der Waals surface area contributed by atoms with Crippen molar-refractivity contribution in [1.29, 1.82) is 0 Å². The van der Waals surface area contributed by atoms with Gasteiger partial charge < -0.3 is 5.73 Å². The van der Waals surface area contributed by atoms with E-state index >= 15 is 0 Å². The van der Waals surface area contributed by atoms with Crippen molar-refractivity contribution in [1.82, 2.24) is 9.19 Å². The highest BCUT2D eigenvalue weighted by Gasteiger charge is 2.01. The summed E-state index contributed by atoms with van der Waals surface area (Å²) < 4.78 is 12.6. The van der Waals surface area contributed by atoms with E-state index in [9.17, 15) is 4.21 Å². The Bertz CT molecular complexity index is 258. The van der Waals surface area contributed by atoms with Crippen LogP contribution in [-0.4, -0.2) is 19.1 Å². The summed E-state index contributed by atoms with van der Waals surface area (Å²) in [6.07, 6.45) is 2.51. The van der Waals surface area contributed by atoms with Crippen LogP contribution >= 0.6 is 0 Å². The van der Waals surface area contributed by atoms with Crippen LogP contribution in [0.3, 0.4) is 0 Å². The monoisotopic (exact) mass is 173 g/mol. The predicted octanol–water partition coefficient (Wildman–Crippen LogP) is 0.387. The number of nitrogens with two attached hydrogens (primary N) is 1. The van der Waals surface area contributed by atoms with E-state index in [-0.39, 0.29) is 0 Å². The van der Waals surface area contributed by atoms with Gasteiger partial charge in [-0.1, -0.05) is 6.92 Å². The first kappa shape index (κ1) is 8.26. The van der Waals surface area contributed by atoms with Gasteiger partial charge in [0.05, 0.1) is 0 Å². The first-order valence-corrected chi connectivity index (χ1v) is 4.71. The molecule has 2 N–H and O–H groups in total. The van der Waals surface area contributed by atoms with Crippen LogP contribution < -0.4 is 5.73 Å². The predicted molar refractivity (Wildman–Crippen MR) is 45.3 cm³/mol. The molecule has 0 bridgehead atoms. The molecule has 0 aliphatic carbocycles. The molecular formula is C6H11N3OS. The van der Waals surface area contributed by atoms with Gasteiger partial charge in [-0.05, 0) is 6.42 Å². The third-order valence-corrected chi connectivity index (χ3v) is 2.55. The Balaban J connectivity index is 2.69. The normalized spacial score (nSPS) is 13.2. The number of hydrogen-bond donors (Lipinski definition) is 1. The van der Waals surface area contributed by atoms with Gasteiger partial charge in [0, 0.05) is 18.0 Å². The SMILES string of the molecule is CCCS(=O)n1ccc(N)n1. The summed E-state index contributed by atoms with van der Waals surface area (Å²) in [6, 6.07) is 1.63. The molecule has 1 heterocycles. The Morgan fingerprint density at radius 1 is 1.82 bits per heavy atom. The van der Waals surface area contributed by atoms with Gasteiger partial charge in [0.15, 0.2) is 0 Å². The van der Waals surface area contributed by atoms with Gasteiger partial charge in [-0.2, -0.15) is 4.09 Å². The van der Waals surface area contributed by atoms with Crippen molar-refractivity contribution in [3.05, 3.63) is 12.3 Å². The van der Waals surface area contributed by atoms with Crippen LogP contribution in [0.5, 0.6) is 0 Å². The highest BCUT2D eigenvalue weighted by molar-refractivity contribution is 7.83. The zero-order chi connectivity index (χ0) is 8.27. The number of nitrogen functional groups attached to an aromatic ring is 1. The molecule has 4 nitrogen and oxygen atoms in total. The lowest BCUT2D eigenvalue weighted by atomic mass is 10.6. The third kappa shape index (κ3) is 2.04. The summed E-state index contributed by atoms with van der Waals surface area (Å²) >= 11 is 0. The summed E-state index contributed by atoms with van der Waals surface area (Å²) in [5, 5.41) is 3.82. The van der Waals surface area contributed by atoms with E-state index in [0.29, 0.717) is 11.6 Å². The van der Waals surface area contributed by atoms with Crippen molar-refractivity contribution in [2.75, 3.05) is 11.5 Å². The minimum absolute atomic E-state index is 0.412. The number of hydrogen-bond acceptors (Lipinski definition) is 3. The summed E-state index contributed by atoms with van der Waals surface area (Å²) in [5.74, 6) is 1.04. The molecule has 0 saturated carbocycles. The van der Waals surface area contributed by atoms with Crippen molar-refractivity contribution in [3.8, 4) is 0 Å². The van der Waals surface area contributed by atoms with E-state index in [1.54, 1.807) is 12.3 Å². The van der Waals surface area contributed by atoms with Crippen molar-refractivity contribution in [2.45, 2.75) is 13.3 Å². The molecule has 0 saturated heterocycles. The van der Waals surface area contributed by atoms with Crippen LogP contribution in [0.4, 0.5) is 5.82 Å². The van der Waals surface area contributed by atoms with Crippen molar-refractivity contribution in [3.63, 3.8) is 0 Å². The van der Waals surface area contributed by atoms with Crippen molar-refractivity contribution >= 4 is 16.8 Å². The summed E-state index contributed by atoms with van der Waals surface area (Å²) in [7, 11) is -1.04. The van der Waals surface area contributed by atoms with Gasteiger partial charge >= 0.3 is 0 Å². The number of anilines is 1. The third-order valence-electron chi connectivity index (χ3n) is 1.17. The maximum absolute atomic E-state index is 11.2. The molecule has 0 aliphatic heterocycles. The Hall–Kier alpha value is -0.840. The second kappa shape index (κ2) is 3.52. The van der Waals surface area contributed by atoms with E-state index in [1.165, 1.54) is 4.09 Å². The summed E-state index contributed by atoms with van der Waals surface area (Å²) in [6.45, 7) is 1.98. The van der Waals surface area contributed by atoms with Gasteiger partial charge in [-0.3, -0.25) is 0 Å². The minimum Gasteiger partial charge on any atom is -0.382 e. The molecule has 1 unspecified atom stereocenters. The molecule has 62 valence electrons. The van der Waals surface area contributed by atoms with Gasteiger partial charge in [-0.25, -0.2) is 4.21 Å². The van der Waals surface area contributed by atoms with Gasteiger partial charge in [-0.15, -0.1) is 5.10 Å². The number of nitrogens with zero attached hydrogens (tertiary/aromatic N) is 2. The molecule has 1 rings (SSSR count). The molecule has 0 aromatic carbocycles. The second-order valence-corrected chi connectivity index (χ2v) is 3.59. The second-order valence-electron chi connectivity index (χ2n) is 2.17. The average molecular weight is 173 g/mol. The zero-order valence-corrected chi connectivity index (χ0v) is 7.17. The van der Waals surface area contributed by atoms with Crippen LogP contribution in [0.2, 0.25) is 0 Å². The molecule has 0 radical (unpaired) electrons. The van der Waals surface area contributed by atoms with E-state index in [0.717, 1.165) is 6.42 Å². The van der Waals surface area contributed by atoms with Crippen molar-refractivity contribution < 1.29 is 4.21 Å². The maximum atomic E-state index is 11.2. The fourth-order valence-electron chi connectivity index (χ4n) is 0.702. The number of rotatable bonds is 3. The fourth-order valence-corrected chi connectivity index (χ4v) is 1.62. The molecule has 1 aromatic heterocycles. The van der Waals surface area contributed by atoms with Crippen LogP contribution in [0.25, 0.3) is 0 Å². The van der Waals surface area contributed by atoms with Crippen LogP contribution in [0, 0.1) is 0 Å². The molecular weight excluding hydrogens is 162 g/mol. The Kier molecular flexibility index (Phi) is 2.64. The molecule has 0 amide bonds. The molecule has 0 aliphatic rings. The Morgan fingerprint density at radius 2 is 2.55 bits per heavy atom. The molecule has 5 heteroatoms. The largest absolute Gasteiger partial charge is 0.382 e. The zero-order valence-electron chi connectivity index (χ0n) is 6.36. The van der Waals surface area contributed by atoms with E-state index < -0.39 is 11.0 Å². The molecule has 11 heavy (non-hydrogen) atoms. The van der Waals surface area contributed by atoms with Crippen LogP contribution in [-0.2, 0) is 11.0 Å². The lowest BCUT2D eigenvalue weighted by Gasteiger charge is -1.96. The van der Waals surface area contributed by atoms with Crippen LogP contribution in [0.15, 0.2) is 12.3 Å². The van der Waals surface area contributed by atoms with Gasteiger partial charge in [0.25, 0.3) is 0 Å². The molecule has 0 spiro atoms. The van der Waals surface area contributed by atoms with Gasteiger partial charge in [0.2, 0.25) is 0 Å². The summed E-state index contributed by atoms with van der Waals surface area (Å²) in [4.78, 5) is 0. The first-order chi connectivity index (χ1) is 5.24. The Labute approximate surface area is 68.0 Å². The average Bonchev–Trinajstić information content (AvgIpc) is 2.36.